The summed E-state index contributed by atoms with van der Waals surface area (Å²) in [6.45, 7) is 6.00. The lowest BCUT2D eigenvalue weighted by atomic mass is 9.90. The summed E-state index contributed by atoms with van der Waals surface area (Å²) in [6, 6.07) is 0. The summed E-state index contributed by atoms with van der Waals surface area (Å²) in [6.07, 6.45) is 2.30. The Hall–Kier alpha value is -0.570. The molecular weight excluding hydrogens is 180 g/mol. The van der Waals surface area contributed by atoms with Crippen molar-refractivity contribution in [3.63, 3.8) is 0 Å². The molecule has 0 heterocycles. The maximum atomic E-state index is 10.9. The van der Waals surface area contributed by atoms with Crippen LogP contribution in [0.15, 0.2) is 0 Å². The Kier molecular flexibility index (Phi) is 6.54. The van der Waals surface area contributed by atoms with Crippen LogP contribution in [-0.2, 0) is 4.79 Å². The molecule has 3 nitrogen and oxygen atoms in total. The molecule has 2 atom stereocenters. The second-order valence-electron chi connectivity index (χ2n) is 4.28. The second kappa shape index (κ2) is 6.82. The van der Waals surface area contributed by atoms with Crippen molar-refractivity contribution < 1.29 is 15.0 Å². The van der Waals surface area contributed by atoms with Crippen molar-refractivity contribution in [2.45, 2.75) is 52.6 Å². The van der Waals surface area contributed by atoms with Crippen LogP contribution in [-0.4, -0.2) is 22.3 Å². The standard InChI is InChI=1S/C11H22O3/c1-4-5-6-9(11(13)14)10(12)7-8(2)3/h8-10,12H,4-7H2,1-3H3,(H,13,14). The van der Waals surface area contributed by atoms with E-state index in [1.54, 1.807) is 0 Å². The van der Waals surface area contributed by atoms with Gasteiger partial charge in [0.2, 0.25) is 0 Å². The van der Waals surface area contributed by atoms with Gasteiger partial charge < -0.3 is 10.2 Å². The van der Waals surface area contributed by atoms with Crippen LogP contribution < -0.4 is 0 Å². The van der Waals surface area contributed by atoms with Crippen molar-refractivity contribution in [2.75, 3.05) is 0 Å². The average molecular weight is 202 g/mol. The van der Waals surface area contributed by atoms with Crippen LogP contribution in [0.5, 0.6) is 0 Å². The first-order valence-electron chi connectivity index (χ1n) is 5.39. The minimum absolute atomic E-state index is 0.341. The topological polar surface area (TPSA) is 57.5 Å². The van der Waals surface area contributed by atoms with Crippen molar-refractivity contribution in [3.05, 3.63) is 0 Å². The Morgan fingerprint density at radius 2 is 1.93 bits per heavy atom. The predicted molar refractivity (Wildman–Crippen MR) is 56.1 cm³/mol. The molecule has 0 fully saturated rings. The molecule has 0 aliphatic heterocycles. The van der Waals surface area contributed by atoms with Crippen LogP contribution in [0.25, 0.3) is 0 Å². The van der Waals surface area contributed by atoms with E-state index in [1.807, 2.05) is 20.8 Å². The van der Waals surface area contributed by atoms with E-state index in [1.165, 1.54) is 0 Å². The number of unbranched alkanes of at least 4 members (excludes halogenated alkanes) is 1. The zero-order valence-corrected chi connectivity index (χ0v) is 9.36. The zero-order valence-electron chi connectivity index (χ0n) is 9.36. The van der Waals surface area contributed by atoms with Crippen LogP contribution in [0.4, 0.5) is 0 Å². The monoisotopic (exact) mass is 202 g/mol. The molecule has 0 aliphatic carbocycles. The predicted octanol–water partition coefficient (Wildman–Crippen LogP) is 2.28. The first kappa shape index (κ1) is 13.4. The van der Waals surface area contributed by atoms with Gasteiger partial charge in [0.1, 0.15) is 0 Å². The molecule has 0 rings (SSSR count). The molecule has 0 aromatic carbocycles. The van der Waals surface area contributed by atoms with E-state index in [0.717, 1.165) is 12.8 Å². The van der Waals surface area contributed by atoms with Crippen LogP contribution in [0.1, 0.15) is 46.5 Å². The molecule has 0 aromatic heterocycles. The van der Waals surface area contributed by atoms with Gasteiger partial charge in [0.15, 0.2) is 0 Å². The molecule has 3 heteroatoms. The largest absolute Gasteiger partial charge is 0.481 e. The number of aliphatic hydroxyl groups excluding tert-OH is 1. The highest BCUT2D eigenvalue weighted by Gasteiger charge is 2.26. The summed E-state index contributed by atoms with van der Waals surface area (Å²) in [7, 11) is 0. The molecule has 14 heavy (non-hydrogen) atoms. The molecule has 0 bridgehead atoms. The van der Waals surface area contributed by atoms with Crippen molar-refractivity contribution in [3.8, 4) is 0 Å². The smallest absolute Gasteiger partial charge is 0.309 e. The first-order valence-corrected chi connectivity index (χ1v) is 5.39. The summed E-state index contributed by atoms with van der Waals surface area (Å²) >= 11 is 0. The summed E-state index contributed by atoms with van der Waals surface area (Å²) in [5.74, 6) is -1.11. The van der Waals surface area contributed by atoms with Gasteiger partial charge in [-0.2, -0.15) is 0 Å². The molecule has 0 amide bonds. The Labute approximate surface area is 86.1 Å². The van der Waals surface area contributed by atoms with Crippen molar-refractivity contribution in [1.29, 1.82) is 0 Å². The van der Waals surface area contributed by atoms with Crippen molar-refractivity contribution in [2.24, 2.45) is 11.8 Å². The molecule has 0 saturated heterocycles. The van der Waals surface area contributed by atoms with Crippen LogP contribution in [0, 0.1) is 11.8 Å². The maximum Gasteiger partial charge on any atom is 0.309 e. The lowest BCUT2D eigenvalue weighted by Crippen LogP contribution is -2.29. The Morgan fingerprint density at radius 3 is 2.29 bits per heavy atom. The maximum absolute atomic E-state index is 10.9. The fourth-order valence-electron chi connectivity index (χ4n) is 1.55. The minimum Gasteiger partial charge on any atom is -0.481 e. The lowest BCUT2D eigenvalue weighted by molar-refractivity contribution is -0.146. The van der Waals surface area contributed by atoms with Gasteiger partial charge in [-0.3, -0.25) is 4.79 Å². The highest BCUT2D eigenvalue weighted by molar-refractivity contribution is 5.70. The number of carbonyl (C=O) groups is 1. The molecule has 2 N–H and O–H groups in total. The fourth-order valence-corrected chi connectivity index (χ4v) is 1.55. The van der Waals surface area contributed by atoms with Crippen LogP contribution in [0.3, 0.4) is 0 Å². The second-order valence-corrected chi connectivity index (χ2v) is 4.28. The van der Waals surface area contributed by atoms with E-state index in [4.69, 9.17) is 5.11 Å². The van der Waals surface area contributed by atoms with Crippen LogP contribution in [0.2, 0.25) is 0 Å². The summed E-state index contributed by atoms with van der Waals surface area (Å²) < 4.78 is 0. The first-order chi connectivity index (χ1) is 6.49. The third-order valence-electron chi connectivity index (χ3n) is 2.36. The van der Waals surface area contributed by atoms with Crippen LogP contribution >= 0.6 is 0 Å². The van der Waals surface area contributed by atoms with E-state index in [-0.39, 0.29) is 0 Å². The van der Waals surface area contributed by atoms with Gasteiger partial charge in [-0.25, -0.2) is 0 Å². The number of rotatable bonds is 7. The number of hydrogen-bond acceptors (Lipinski definition) is 2. The van der Waals surface area contributed by atoms with Gasteiger partial charge >= 0.3 is 5.97 Å². The molecule has 84 valence electrons. The number of carboxylic acids is 1. The highest BCUT2D eigenvalue weighted by Crippen LogP contribution is 2.19. The van der Waals surface area contributed by atoms with E-state index >= 15 is 0 Å². The van der Waals surface area contributed by atoms with E-state index < -0.39 is 18.0 Å². The van der Waals surface area contributed by atoms with Gasteiger partial charge in [0.25, 0.3) is 0 Å². The summed E-state index contributed by atoms with van der Waals surface area (Å²) in [4.78, 5) is 10.9. The van der Waals surface area contributed by atoms with Gasteiger partial charge in [-0.15, -0.1) is 0 Å². The van der Waals surface area contributed by atoms with Crippen molar-refractivity contribution in [1.82, 2.24) is 0 Å². The highest BCUT2D eigenvalue weighted by atomic mass is 16.4. The molecular formula is C11H22O3. The molecule has 0 saturated carbocycles. The van der Waals surface area contributed by atoms with Gasteiger partial charge in [-0.05, 0) is 18.8 Å². The number of carboxylic acid groups (broad SMARTS) is 1. The number of hydrogen-bond donors (Lipinski definition) is 2. The summed E-state index contributed by atoms with van der Waals surface area (Å²) in [5, 5.41) is 18.6. The Morgan fingerprint density at radius 1 is 1.36 bits per heavy atom. The number of aliphatic hydroxyl groups is 1. The van der Waals surface area contributed by atoms with Gasteiger partial charge in [0, 0.05) is 0 Å². The summed E-state index contributed by atoms with van der Waals surface area (Å²) in [5.41, 5.74) is 0. The Balaban J connectivity index is 4.11. The quantitative estimate of drug-likeness (QED) is 0.666. The SMILES string of the molecule is CCCCC(C(=O)O)C(O)CC(C)C. The zero-order chi connectivity index (χ0) is 11.1. The van der Waals surface area contributed by atoms with E-state index in [9.17, 15) is 9.90 Å². The molecule has 0 spiro atoms. The third-order valence-corrected chi connectivity index (χ3v) is 2.36. The number of aliphatic carboxylic acids is 1. The molecule has 2 unspecified atom stereocenters. The molecule has 0 aromatic rings. The normalized spacial score (nSPS) is 15.5. The molecule has 0 radical (unpaired) electrons. The van der Waals surface area contributed by atoms with Crippen molar-refractivity contribution >= 4 is 5.97 Å². The Bertz CT molecular complexity index is 166. The minimum atomic E-state index is -0.869. The van der Waals surface area contributed by atoms with Gasteiger partial charge in [-0.1, -0.05) is 33.6 Å². The third kappa shape index (κ3) is 5.22. The lowest BCUT2D eigenvalue weighted by Gasteiger charge is -2.20. The molecule has 0 aliphatic rings. The van der Waals surface area contributed by atoms with E-state index in [2.05, 4.69) is 0 Å². The van der Waals surface area contributed by atoms with E-state index in [0.29, 0.717) is 18.8 Å². The van der Waals surface area contributed by atoms with Gasteiger partial charge in [0.05, 0.1) is 12.0 Å². The average Bonchev–Trinajstić information content (AvgIpc) is 2.02. The fraction of sp³-hybridized carbons (Fsp3) is 0.909.